The quantitative estimate of drug-likeness (QED) is 0.0189. The highest BCUT2D eigenvalue weighted by molar-refractivity contribution is 7.47. The lowest BCUT2D eigenvalue weighted by Gasteiger charge is -2.41. The van der Waals surface area contributed by atoms with Crippen molar-refractivity contribution in [3.05, 3.63) is 60.8 Å². The third-order valence-corrected chi connectivity index (χ3v) is 9.86. The van der Waals surface area contributed by atoms with Gasteiger partial charge in [-0.15, -0.1) is 0 Å². The molecule has 0 aromatic carbocycles. The number of carbonyl (C=O) groups excluding carboxylic acids is 2. The Morgan fingerprint density at radius 2 is 1.04 bits per heavy atom. The Labute approximate surface area is 328 Å². The molecule has 55 heavy (non-hydrogen) atoms. The van der Waals surface area contributed by atoms with Crippen LogP contribution < -0.4 is 0 Å². The molecule has 0 aliphatic heterocycles. The summed E-state index contributed by atoms with van der Waals surface area (Å²) in [7, 11) is -5.13. The molecule has 0 amide bonds. The van der Waals surface area contributed by atoms with Gasteiger partial charge in [0.1, 0.15) is 43.2 Å². The van der Waals surface area contributed by atoms with Gasteiger partial charge in [-0.2, -0.15) is 0 Å². The summed E-state index contributed by atoms with van der Waals surface area (Å²) in [6.45, 7) is 3.07. The smallest absolute Gasteiger partial charge is 0.462 e. The third-order valence-electron chi connectivity index (χ3n) is 8.87. The van der Waals surface area contributed by atoms with Gasteiger partial charge >= 0.3 is 19.8 Å². The zero-order valence-electron chi connectivity index (χ0n) is 32.9. The van der Waals surface area contributed by atoms with Crippen LogP contribution in [0.4, 0.5) is 0 Å². The number of phosphoric ester groups is 1. The van der Waals surface area contributed by atoms with E-state index < -0.39 is 75.7 Å². The highest BCUT2D eigenvalue weighted by Crippen LogP contribution is 2.47. The first kappa shape index (κ1) is 50.6. The molecule has 1 rings (SSSR count). The van der Waals surface area contributed by atoms with Crippen molar-refractivity contribution in [2.45, 2.75) is 172 Å². The number of phosphoric acid groups is 1. The van der Waals surface area contributed by atoms with Crippen LogP contribution in [-0.2, 0) is 32.7 Å². The number of esters is 2. The molecular weight excluding hydrogens is 731 g/mol. The summed E-state index contributed by atoms with van der Waals surface area (Å²) in [4.78, 5) is 35.4. The van der Waals surface area contributed by atoms with Gasteiger partial charge in [-0.1, -0.05) is 126 Å². The topological polar surface area (TPSA) is 210 Å². The molecular formula is C41H69O13P. The van der Waals surface area contributed by atoms with Gasteiger partial charge in [0.2, 0.25) is 0 Å². The molecule has 14 heteroatoms. The first-order valence-corrected chi connectivity index (χ1v) is 21.6. The van der Waals surface area contributed by atoms with Gasteiger partial charge in [-0.25, -0.2) is 4.57 Å². The van der Waals surface area contributed by atoms with Crippen LogP contribution in [-0.4, -0.2) is 98.3 Å². The number of aliphatic hydroxyl groups excluding tert-OH is 5. The molecule has 0 spiro atoms. The van der Waals surface area contributed by atoms with E-state index in [-0.39, 0.29) is 12.8 Å². The van der Waals surface area contributed by atoms with Gasteiger partial charge in [0.25, 0.3) is 0 Å². The van der Waals surface area contributed by atoms with Crippen LogP contribution in [0.25, 0.3) is 0 Å². The molecule has 1 aliphatic rings. The Morgan fingerprint density at radius 3 is 1.56 bits per heavy atom. The van der Waals surface area contributed by atoms with E-state index in [1.807, 2.05) is 12.2 Å². The zero-order chi connectivity index (χ0) is 40.7. The predicted octanol–water partition coefficient (Wildman–Crippen LogP) is 6.60. The number of ether oxygens (including phenoxy) is 2. The number of allylic oxidation sites excluding steroid dienone is 10. The van der Waals surface area contributed by atoms with Crippen LogP contribution in [0.2, 0.25) is 0 Å². The number of hydrogen-bond acceptors (Lipinski definition) is 12. The van der Waals surface area contributed by atoms with Crippen molar-refractivity contribution in [1.82, 2.24) is 0 Å². The second kappa shape index (κ2) is 31.6. The number of carbonyl (C=O) groups is 2. The molecule has 6 N–H and O–H groups in total. The van der Waals surface area contributed by atoms with E-state index in [1.165, 1.54) is 32.1 Å². The Hall–Kier alpha value is -2.45. The lowest BCUT2D eigenvalue weighted by molar-refractivity contribution is -0.220. The van der Waals surface area contributed by atoms with E-state index in [0.29, 0.717) is 19.3 Å². The second-order valence-corrected chi connectivity index (χ2v) is 15.2. The zero-order valence-corrected chi connectivity index (χ0v) is 33.8. The molecule has 13 nitrogen and oxygen atoms in total. The molecule has 0 heterocycles. The monoisotopic (exact) mass is 800 g/mol. The normalized spacial score (nSPS) is 23.7. The molecule has 0 bridgehead atoms. The summed E-state index contributed by atoms with van der Waals surface area (Å²) >= 11 is 0. The average molecular weight is 801 g/mol. The largest absolute Gasteiger partial charge is 0.472 e. The minimum Gasteiger partial charge on any atom is -0.462 e. The van der Waals surface area contributed by atoms with Gasteiger partial charge in [0.15, 0.2) is 6.10 Å². The Morgan fingerprint density at radius 1 is 0.582 bits per heavy atom. The Kier molecular flexibility index (Phi) is 29.1. The van der Waals surface area contributed by atoms with Crippen molar-refractivity contribution in [2.75, 3.05) is 13.2 Å². The lowest BCUT2D eigenvalue weighted by atomic mass is 9.85. The fourth-order valence-corrected chi connectivity index (χ4v) is 6.59. The van der Waals surface area contributed by atoms with E-state index in [9.17, 15) is 44.6 Å². The second-order valence-electron chi connectivity index (χ2n) is 13.8. The average Bonchev–Trinajstić information content (AvgIpc) is 3.16. The first-order chi connectivity index (χ1) is 26.4. The molecule has 6 unspecified atom stereocenters. The van der Waals surface area contributed by atoms with Gasteiger partial charge in [-0.05, 0) is 51.4 Å². The van der Waals surface area contributed by atoms with Crippen LogP contribution in [0.15, 0.2) is 60.8 Å². The van der Waals surface area contributed by atoms with Crippen molar-refractivity contribution in [3.8, 4) is 0 Å². The number of hydrogen-bond donors (Lipinski definition) is 6. The van der Waals surface area contributed by atoms with E-state index >= 15 is 0 Å². The van der Waals surface area contributed by atoms with E-state index in [4.69, 9.17) is 18.5 Å². The van der Waals surface area contributed by atoms with Crippen LogP contribution in [0.3, 0.4) is 0 Å². The molecule has 0 aromatic heterocycles. The van der Waals surface area contributed by atoms with Crippen molar-refractivity contribution < 1.29 is 63.1 Å². The summed E-state index contributed by atoms with van der Waals surface area (Å²) in [5, 5.41) is 49.9. The van der Waals surface area contributed by atoms with Crippen LogP contribution >= 0.6 is 7.82 Å². The van der Waals surface area contributed by atoms with Gasteiger partial charge in [-0.3, -0.25) is 18.6 Å². The van der Waals surface area contributed by atoms with Crippen LogP contribution in [0, 0.1) is 0 Å². The molecule has 0 saturated heterocycles. The SMILES string of the molecule is CC/C=C/C/C=C/C/C=C/C/C=C/C/C=C/CCCC(=O)O[C@H](COC(=O)CCCCCCCCCCC)COP(=O)(O)OC1C(O)C(O)C(O)[C@@H](O)C1O. The Bertz CT molecular complexity index is 1200. The Balaban J connectivity index is 2.57. The molecule has 8 atom stereocenters. The molecule has 1 fully saturated rings. The van der Waals surface area contributed by atoms with E-state index in [0.717, 1.165) is 51.4 Å². The van der Waals surface area contributed by atoms with E-state index in [2.05, 4.69) is 62.5 Å². The highest BCUT2D eigenvalue weighted by Gasteiger charge is 2.51. The van der Waals surface area contributed by atoms with Gasteiger partial charge < -0.3 is 39.9 Å². The number of aliphatic hydroxyl groups is 5. The first-order valence-electron chi connectivity index (χ1n) is 20.1. The minimum absolute atomic E-state index is 0.0169. The molecule has 1 aliphatic carbocycles. The maximum atomic E-state index is 12.7. The van der Waals surface area contributed by atoms with Crippen molar-refractivity contribution in [2.24, 2.45) is 0 Å². The molecule has 0 aromatic rings. The molecule has 0 radical (unpaired) electrons. The van der Waals surface area contributed by atoms with Crippen LogP contribution in [0.1, 0.15) is 129 Å². The van der Waals surface area contributed by atoms with Crippen molar-refractivity contribution in [1.29, 1.82) is 0 Å². The summed E-state index contributed by atoms with van der Waals surface area (Å²) in [6.07, 6.45) is 23.1. The van der Waals surface area contributed by atoms with Crippen LogP contribution in [0.5, 0.6) is 0 Å². The van der Waals surface area contributed by atoms with Gasteiger partial charge in [0, 0.05) is 12.8 Å². The fourth-order valence-electron chi connectivity index (χ4n) is 5.61. The number of rotatable bonds is 31. The molecule has 316 valence electrons. The standard InChI is InChI=1S/C41H69O13P/c1-3-5-7-9-11-13-14-15-16-17-18-19-20-22-24-26-28-30-35(43)53-33(31-51-34(42)29-27-25-23-21-12-10-8-6-4-2)32-52-55(49,50)54-41-39(47)37(45)36(44)38(46)40(41)48/h5,7,11,13,15-16,18-19,22,24,33,36-41,44-48H,3-4,6,8-10,12,14,17,20-21,23,25-32H2,1-2H3,(H,49,50)/b7-5+,13-11+,16-15+,19-18+,24-22+/t33-,36?,37-,38?,39?,40?,41?/m1/s1. The predicted molar refractivity (Wildman–Crippen MR) is 212 cm³/mol. The van der Waals surface area contributed by atoms with Gasteiger partial charge in [0.05, 0.1) is 6.61 Å². The number of unbranched alkanes of at least 4 members (excludes halogenated alkanes) is 9. The highest BCUT2D eigenvalue weighted by atomic mass is 31.2. The summed E-state index contributed by atoms with van der Waals surface area (Å²) < 4.78 is 33.3. The summed E-state index contributed by atoms with van der Waals surface area (Å²) in [6, 6.07) is 0. The third kappa shape index (κ3) is 24.7. The summed E-state index contributed by atoms with van der Waals surface area (Å²) in [5.74, 6) is -1.18. The molecule has 1 saturated carbocycles. The maximum absolute atomic E-state index is 12.7. The fraction of sp³-hybridized carbons (Fsp3) is 0.707. The van der Waals surface area contributed by atoms with Crippen molar-refractivity contribution in [3.63, 3.8) is 0 Å². The maximum Gasteiger partial charge on any atom is 0.472 e. The van der Waals surface area contributed by atoms with Crippen molar-refractivity contribution >= 4 is 19.8 Å². The summed E-state index contributed by atoms with van der Waals surface area (Å²) in [5.41, 5.74) is 0. The minimum atomic E-state index is -5.13. The lowest BCUT2D eigenvalue weighted by Crippen LogP contribution is -2.64. The van der Waals surface area contributed by atoms with E-state index in [1.54, 1.807) is 0 Å².